The van der Waals surface area contributed by atoms with Gasteiger partial charge in [-0.25, -0.2) is 13.8 Å². The SMILES string of the molecule is N#Cc1nc(C(F)F)cc(CN)c1[N+](=O)[O-]. The van der Waals surface area contributed by atoms with Crippen LogP contribution in [0.2, 0.25) is 0 Å². The molecular weight excluding hydrogens is 222 g/mol. The minimum atomic E-state index is -2.90. The molecule has 0 saturated heterocycles. The summed E-state index contributed by atoms with van der Waals surface area (Å²) in [5.41, 5.74) is 3.10. The van der Waals surface area contributed by atoms with E-state index in [4.69, 9.17) is 11.0 Å². The molecule has 0 aliphatic rings. The number of hydrogen-bond donors (Lipinski definition) is 1. The average Bonchev–Trinajstić information content (AvgIpc) is 2.26. The molecule has 0 aliphatic carbocycles. The fourth-order valence-corrected chi connectivity index (χ4v) is 1.16. The number of nitrogens with zero attached hydrogens (tertiary/aromatic N) is 3. The molecule has 2 N–H and O–H groups in total. The fraction of sp³-hybridized carbons (Fsp3) is 0.250. The standard InChI is InChI=1S/C8H6F2N4O2/c9-8(10)5-1-4(2-11)7(14(15)16)6(3-12)13-5/h1,8H,2,11H2. The van der Waals surface area contributed by atoms with Crippen molar-refractivity contribution in [3.8, 4) is 6.07 Å². The summed E-state index contributed by atoms with van der Waals surface area (Å²) < 4.78 is 24.7. The highest BCUT2D eigenvalue weighted by Crippen LogP contribution is 2.26. The Labute approximate surface area is 88.5 Å². The zero-order chi connectivity index (χ0) is 12.3. The zero-order valence-electron chi connectivity index (χ0n) is 7.85. The Kier molecular flexibility index (Phi) is 3.42. The van der Waals surface area contributed by atoms with Crippen molar-refractivity contribution in [2.75, 3.05) is 0 Å². The van der Waals surface area contributed by atoms with Crippen molar-refractivity contribution in [3.05, 3.63) is 33.1 Å². The van der Waals surface area contributed by atoms with Crippen LogP contribution in [0.1, 0.15) is 23.4 Å². The third kappa shape index (κ3) is 2.09. The van der Waals surface area contributed by atoms with E-state index >= 15 is 0 Å². The lowest BCUT2D eigenvalue weighted by molar-refractivity contribution is -0.386. The van der Waals surface area contributed by atoms with Crippen molar-refractivity contribution in [3.63, 3.8) is 0 Å². The second-order valence-corrected chi connectivity index (χ2v) is 2.78. The highest BCUT2D eigenvalue weighted by molar-refractivity contribution is 5.51. The van der Waals surface area contributed by atoms with Gasteiger partial charge in [0.25, 0.3) is 6.43 Å². The van der Waals surface area contributed by atoms with E-state index in [1.807, 2.05) is 0 Å². The van der Waals surface area contributed by atoms with Crippen LogP contribution < -0.4 is 5.73 Å². The summed E-state index contributed by atoms with van der Waals surface area (Å²) in [7, 11) is 0. The van der Waals surface area contributed by atoms with Gasteiger partial charge in [-0.2, -0.15) is 5.26 Å². The molecule has 0 radical (unpaired) electrons. The molecule has 16 heavy (non-hydrogen) atoms. The van der Waals surface area contributed by atoms with Gasteiger partial charge in [-0.05, 0) is 6.07 Å². The van der Waals surface area contributed by atoms with E-state index in [0.717, 1.165) is 6.07 Å². The van der Waals surface area contributed by atoms with Gasteiger partial charge in [0, 0.05) is 12.1 Å². The summed E-state index contributed by atoms with van der Waals surface area (Å²) >= 11 is 0. The largest absolute Gasteiger partial charge is 0.326 e. The van der Waals surface area contributed by atoms with Crippen LogP contribution in [0, 0.1) is 21.4 Å². The monoisotopic (exact) mass is 228 g/mol. The fourth-order valence-electron chi connectivity index (χ4n) is 1.16. The summed E-state index contributed by atoms with van der Waals surface area (Å²) in [6.45, 7) is -0.312. The van der Waals surface area contributed by atoms with E-state index in [1.54, 1.807) is 0 Å². The first-order chi connectivity index (χ1) is 7.51. The van der Waals surface area contributed by atoms with E-state index in [1.165, 1.54) is 6.07 Å². The predicted octanol–water partition coefficient (Wildman–Crippen LogP) is 1.26. The summed E-state index contributed by atoms with van der Waals surface area (Å²) in [5.74, 6) is 0. The number of rotatable bonds is 3. The summed E-state index contributed by atoms with van der Waals surface area (Å²) in [5, 5.41) is 19.2. The normalized spacial score (nSPS) is 10.2. The number of pyridine rings is 1. The molecular formula is C8H6F2N4O2. The molecule has 0 amide bonds. The Morgan fingerprint density at radius 3 is 2.69 bits per heavy atom. The molecule has 0 bridgehead atoms. The van der Waals surface area contributed by atoms with Crippen LogP contribution in [-0.2, 0) is 6.54 Å². The molecule has 0 aromatic carbocycles. The van der Waals surface area contributed by atoms with Gasteiger partial charge in [-0.3, -0.25) is 10.1 Å². The topological polar surface area (TPSA) is 106 Å². The van der Waals surface area contributed by atoms with Gasteiger partial charge in [0.2, 0.25) is 5.69 Å². The van der Waals surface area contributed by atoms with Crippen LogP contribution in [0.25, 0.3) is 0 Å². The maximum absolute atomic E-state index is 12.3. The Balaban J connectivity index is 3.51. The van der Waals surface area contributed by atoms with Crippen LogP contribution in [-0.4, -0.2) is 9.91 Å². The van der Waals surface area contributed by atoms with Crippen LogP contribution in [0.15, 0.2) is 6.07 Å². The van der Waals surface area contributed by atoms with Crippen molar-refractivity contribution in [2.45, 2.75) is 13.0 Å². The second kappa shape index (κ2) is 4.59. The summed E-state index contributed by atoms with van der Waals surface area (Å²) in [4.78, 5) is 13.0. The maximum Gasteiger partial charge on any atom is 0.310 e. The second-order valence-electron chi connectivity index (χ2n) is 2.78. The average molecular weight is 228 g/mol. The molecule has 0 spiro atoms. The van der Waals surface area contributed by atoms with E-state index in [2.05, 4.69) is 4.98 Å². The van der Waals surface area contributed by atoms with E-state index < -0.39 is 28.4 Å². The van der Waals surface area contributed by atoms with Crippen molar-refractivity contribution in [2.24, 2.45) is 5.73 Å². The number of nitriles is 1. The lowest BCUT2D eigenvalue weighted by Gasteiger charge is -2.04. The Bertz CT molecular complexity index is 470. The van der Waals surface area contributed by atoms with Crippen molar-refractivity contribution in [1.29, 1.82) is 5.26 Å². The molecule has 0 fully saturated rings. The molecule has 1 aromatic rings. The van der Waals surface area contributed by atoms with Crippen molar-refractivity contribution >= 4 is 5.69 Å². The molecule has 1 aromatic heterocycles. The van der Waals surface area contributed by atoms with E-state index in [-0.39, 0.29) is 12.1 Å². The van der Waals surface area contributed by atoms with Gasteiger partial charge in [0.1, 0.15) is 11.8 Å². The Morgan fingerprint density at radius 2 is 2.31 bits per heavy atom. The summed E-state index contributed by atoms with van der Waals surface area (Å²) in [6.07, 6.45) is -2.90. The van der Waals surface area contributed by atoms with Gasteiger partial charge >= 0.3 is 5.69 Å². The van der Waals surface area contributed by atoms with Gasteiger partial charge in [-0.1, -0.05) is 0 Å². The number of alkyl halides is 2. The third-order valence-corrected chi connectivity index (χ3v) is 1.82. The van der Waals surface area contributed by atoms with E-state index in [0.29, 0.717) is 0 Å². The molecule has 6 nitrogen and oxygen atoms in total. The number of hydrogen-bond acceptors (Lipinski definition) is 5. The molecule has 0 atom stereocenters. The minimum Gasteiger partial charge on any atom is -0.326 e. The van der Waals surface area contributed by atoms with Crippen LogP contribution >= 0.6 is 0 Å². The van der Waals surface area contributed by atoms with Crippen LogP contribution in [0.3, 0.4) is 0 Å². The number of aromatic nitrogens is 1. The first-order valence-corrected chi connectivity index (χ1v) is 4.07. The van der Waals surface area contributed by atoms with Crippen LogP contribution in [0.4, 0.5) is 14.5 Å². The van der Waals surface area contributed by atoms with Gasteiger partial charge in [0.05, 0.1) is 4.92 Å². The molecule has 1 heterocycles. The predicted molar refractivity (Wildman–Crippen MR) is 48.5 cm³/mol. The molecule has 0 aliphatic heterocycles. The first-order valence-electron chi connectivity index (χ1n) is 4.07. The van der Waals surface area contributed by atoms with Gasteiger partial charge in [0.15, 0.2) is 0 Å². The van der Waals surface area contributed by atoms with Gasteiger partial charge in [-0.15, -0.1) is 0 Å². The van der Waals surface area contributed by atoms with Crippen molar-refractivity contribution in [1.82, 2.24) is 4.98 Å². The number of halogens is 2. The van der Waals surface area contributed by atoms with E-state index in [9.17, 15) is 18.9 Å². The quantitative estimate of drug-likeness (QED) is 0.619. The maximum atomic E-state index is 12.3. The molecule has 0 unspecified atom stereocenters. The number of nitrogens with two attached hydrogens (primary N) is 1. The smallest absolute Gasteiger partial charge is 0.310 e. The Morgan fingerprint density at radius 1 is 1.69 bits per heavy atom. The third-order valence-electron chi connectivity index (χ3n) is 1.82. The zero-order valence-corrected chi connectivity index (χ0v) is 7.85. The molecule has 84 valence electrons. The van der Waals surface area contributed by atoms with Crippen molar-refractivity contribution < 1.29 is 13.7 Å². The molecule has 0 saturated carbocycles. The Hall–Kier alpha value is -2.14. The first kappa shape index (κ1) is 11.9. The summed E-state index contributed by atoms with van der Waals surface area (Å²) in [6, 6.07) is 2.24. The molecule has 8 heteroatoms. The van der Waals surface area contributed by atoms with Crippen LogP contribution in [0.5, 0.6) is 0 Å². The highest BCUT2D eigenvalue weighted by Gasteiger charge is 2.24. The lowest BCUT2D eigenvalue weighted by atomic mass is 10.1. The lowest BCUT2D eigenvalue weighted by Crippen LogP contribution is -2.08. The highest BCUT2D eigenvalue weighted by atomic mass is 19.3. The number of nitro groups is 1. The molecule has 1 rings (SSSR count). The van der Waals surface area contributed by atoms with Gasteiger partial charge < -0.3 is 5.73 Å². The minimum absolute atomic E-state index is 0.133.